The quantitative estimate of drug-likeness (QED) is 0.394. The van der Waals surface area contributed by atoms with Crippen LogP contribution in [0, 0.1) is 26.2 Å². The Balaban J connectivity index is -0.000000473. The van der Waals surface area contributed by atoms with Crippen LogP contribution >= 0.6 is 0 Å². The van der Waals surface area contributed by atoms with Gasteiger partial charge in [-0.1, -0.05) is 62.4 Å². The van der Waals surface area contributed by atoms with Crippen LogP contribution in [0.15, 0.2) is 48.6 Å². The van der Waals surface area contributed by atoms with E-state index in [0.29, 0.717) is 6.42 Å². The molecule has 1 saturated carbocycles. The number of allylic oxidation sites excluding steroid dienone is 1. The molecule has 3 rings (SSSR count). The molecule has 2 aliphatic rings. The van der Waals surface area contributed by atoms with Gasteiger partial charge in [-0.15, -0.1) is 0 Å². The Labute approximate surface area is 188 Å². The summed E-state index contributed by atoms with van der Waals surface area (Å²) in [5.74, 6) is 0. The first-order chi connectivity index (χ1) is 13.5. The van der Waals surface area contributed by atoms with Crippen molar-refractivity contribution >= 4 is 10.0 Å². The van der Waals surface area contributed by atoms with E-state index in [1.54, 1.807) is 6.08 Å². The van der Waals surface area contributed by atoms with Gasteiger partial charge in [0.25, 0.3) is 0 Å². The Morgan fingerprint density at radius 3 is 1.76 bits per heavy atom. The fourth-order valence-electron chi connectivity index (χ4n) is 2.81. The van der Waals surface area contributed by atoms with Crippen LogP contribution in [0.2, 0.25) is 0 Å². The van der Waals surface area contributed by atoms with Crippen molar-refractivity contribution in [3.63, 3.8) is 0 Å². The van der Waals surface area contributed by atoms with Crippen LogP contribution in [0.25, 0.3) is 0 Å². The van der Waals surface area contributed by atoms with Crippen LogP contribution in [0.5, 0.6) is 0 Å². The third-order valence-corrected chi connectivity index (χ3v) is 5.05. The molecule has 0 N–H and O–H groups in total. The van der Waals surface area contributed by atoms with Gasteiger partial charge >= 0.3 is 55.0 Å². The van der Waals surface area contributed by atoms with Crippen molar-refractivity contribution in [1.82, 2.24) is 4.31 Å². The maximum atomic E-state index is 11.7. The molecule has 1 heterocycles. The van der Waals surface area contributed by atoms with Gasteiger partial charge < -0.3 is 4.31 Å². The fourth-order valence-corrected chi connectivity index (χ4v) is 3.75. The molecule has 0 radical (unpaired) electrons. The SMILES string of the molecule is C1CCCC1.C=CC1=[C-]N(S(C)(=O)=O)C(c2ccccc2)C1.[C-]#[O+].[C-]#[O+].[C-]#[O+].[W+2]. The Hall–Kier alpha value is -1.64. The second-order valence-electron chi connectivity index (χ2n) is 5.80. The molecule has 0 amide bonds. The van der Waals surface area contributed by atoms with E-state index in [-0.39, 0.29) is 27.1 Å². The van der Waals surface area contributed by atoms with Crippen molar-refractivity contribution in [3.8, 4) is 0 Å². The normalized spacial score (nSPS) is 16.2. The zero-order chi connectivity index (χ0) is 22.0. The van der Waals surface area contributed by atoms with Crippen molar-refractivity contribution in [2.75, 3.05) is 6.26 Å². The van der Waals surface area contributed by atoms with Crippen molar-refractivity contribution in [2.24, 2.45) is 0 Å². The molecule has 8 heteroatoms. The van der Waals surface area contributed by atoms with E-state index in [1.807, 2.05) is 30.3 Å². The monoisotopic (exact) mass is 586 g/mol. The third-order valence-electron chi connectivity index (χ3n) is 3.99. The Morgan fingerprint density at radius 2 is 1.41 bits per heavy atom. The topological polar surface area (TPSA) is 97.1 Å². The summed E-state index contributed by atoms with van der Waals surface area (Å²) in [7, 11) is -3.29. The largest absolute Gasteiger partial charge is 2.00 e. The van der Waals surface area contributed by atoms with Crippen LogP contribution in [0.1, 0.15) is 50.1 Å². The van der Waals surface area contributed by atoms with Gasteiger partial charge in [-0.25, -0.2) is 20.1 Å². The van der Waals surface area contributed by atoms with E-state index < -0.39 is 10.0 Å². The van der Waals surface area contributed by atoms with E-state index >= 15 is 0 Å². The molecule has 6 nitrogen and oxygen atoms in total. The maximum absolute atomic E-state index is 11.7. The molecule has 1 aromatic carbocycles. The van der Waals surface area contributed by atoms with Crippen LogP contribution in [0.4, 0.5) is 0 Å². The van der Waals surface area contributed by atoms with Gasteiger partial charge in [0.15, 0.2) is 0 Å². The van der Waals surface area contributed by atoms with E-state index in [2.05, 4.69) is 32.7 Å². The molecule has 1 aromatic rings. The number of rotatable bonds is 3. The average Bonchev–Trinajstić information content (AvgIpc) is 3.46. The summed E-state index contributed by atoms with van der Waals surface area (Å²) in [5, 5.41) is 0. The molecule has 1 fully saturated rings. The van der Waals surface area contributed by atoms with Gasteiger partial charge in [0.2, 0.25) is 10.0 Å². The molecular weight excluding hydrogens is 562 g/mol. The van der Waals surface area contributed by atoms with Gasteiger partial charge in [0, 0.05) is 0 Å². The van der Waals surface area contributed by atoms with Crippen molar-refractivity contribution in [2.45, 2.75) is 44.6 Å². The smallest absolute Gasteiger partial charge is 2.00 e. The van der Waals surface area contributed by atoms with Gasteiger partial charge in [-0.2, -0.15) is 12.8 Å². The zero-order valence-electron chi connectivity index (χ0n) is 16.3. The summed E-state index contributed by atoms with van der Waals surface area (Å²) in [6.07, 6.45) is 13.8. The molecule has 1 aliphatic carbocycles. The first-order valence-corrected chi connectivity index (χ1v) is 10.3. The second kappa shape index (κ2) is 19.7. The molecule has 0 bridgehead atoms. The summed E-state index contributed by atoms with van der Waals surface area (Å²) in [4.78, 5) is 0. The summed E-state index contributed by atoms with van der Waals surface area (Å²) in [6, 6.07) is 9.38. The fraction of sp³-hybridized carbons (Fsp3) is 0.381. The molecule has 0 aromatic heterocycles. The number of hydrogen-bond acceptors (Lipinski definition) is 2. The predicted octanol–water partition coefficient (Wildman–Crippen LogP) is 4.10. The van der Waals surface area contributed by atoms with Gasteiger partial charge in [-0.3, -0.25) is 0 Å². The second-order valence-corrected chi connectivity index (χ2v) is 7.66. The Kier molecular flexibility index (Phi) is 21.7. The van der Waals surface area contributed by atoms with Gasteiger partial charge in [0.1, 0.15) is 0 Å². The van der Waals surface area contributed by atoms with Crippen molar-refractivity contribution < 1.29 is 43.4 Å². The molecular formula is C21H24NO5SW+. The Bertz CT molecular complexity index is 728. The third kappa shape index (κ3) is 12.5. The van der Waals surface area contributed by atoms with Crippen LogP contribution in [-0.4, -0.2) is 19.0 Å². The first-order valence-electron chi connectivity index (χ1n) is 8.43. The molecule has 1 atom stereocenters. The zero-order valence-corrected chi connectivity index (χ0v) is 20.0. The molecule has 1 aliphatic heterocycles. The van der Waals surface area contributed by atoms with Gasteiger partial charge in [0.05, 0.1) is 12.3 Å². The standard InChI is InChI=1S/C13H14NO2S.C5H10.3CO.W/c1-3-11-9-13(12-7-5-4-6-8-12)14(10-11)17(2,15)16;1-2-4-5-3-1;3*1-2;/h3-8,13H,1,9H2,2H3;1-5H2;;;;/q-1;;;;;+2. The minimum absolute atomic E-state index is 0. The van der Waals surface area contributed by atoms with Crippen LogP contribution < -0.4 is 0 Å². The molecule has 0 spiro atoms. The Morgan fingerprint density at radius 1 is 1.00 bits per heavy atom. The maximum Gasteiger partial charge on any atom is 2.00 e. The molecule has 1 unspecified atom stereocenters. The van der Waals surface area contributed by atoms with E-state index in [1.165, 1.54) is 42.7 Å². The van der Waals surface area contributed by atoms with Crippen LogP contribution in [-0.2, 0) is 45.0 Å². The van der Waals surface area contributed by atoms with Crippen molar-refractivity contribution in [3.05, 3.63) is 80.3 Å². The molecule has 29 heavy (non-hydrogen) atoms. The summed E-state index contributed by atoms with van der Waals surface area (Å²) in [6.45, 7) is 17.2. The van der Waals surface area contributed by atoms with E-state index in [0.717, 1.165) is 11.1 Å². The van der Waals surface area contributed by atoms with E-state index in [4.69, 9.17) is 14.0 Å². The first kappa shape index (κ1) is 32.0. The number of hydrogen-bond donors (Lipinski definition) is 0. The predicted molar refractivity (Wildman–Crippen MR) is 102 cm³/mol. The summed E-state index contributed by atoms with van der Waals surface area (Å²) >= 11 is 0. The minimum atomic E-state index is -3.29. The molecule has 0 saturated heterocycles. The number of benzene rings is 1. The molecule has 154 valence electrons. The minimum Gasteiger partial charge on any atom is 2.00 e. The summed E-state index contributed by atoms with van der Waals surface area (Å²) < 4.78 is 47.2. The average molecular weight is 586 g/mol. The number of sulfonamides is 1. The summed E-state index contributed by atoms with van der Waals surface area (Å²) in [5.41, 5.74) is 1.80. The van der Waals surface area contributed by atoms with Gasteiger partial charge in [-0.05, 0) is 12.0 Å². The van der Waals surface area contributed by atoms with Crippen LogP contribution in [0.3, 0.4) is 0 Å². The number of nitrogens with zero attached hydrogens (tertiary/aromatic N) is 1. The van der Waals surface area contributed by atoms with Crippen molar-refractivity contribution in [1.29, 1.82) is 0 Å². The van der Waals surface area contributed by atoms with E-state index in [9.17, 15) is 8.42 Å².